The van der Waals surface area contributed by atoms with Gasteiger partial charge in [0.2, 0.25) is 0 Å². The van der Waals surface area contributed by atoms with Crippen LogP contribution in [-0.2, 0) is 9.53 Å². The first-order valence-electron chi connectivity index (χ1n) is 9.94. The predicted molar refractivity (Wildman–Crippen MR) is 119 cm³/mol. The van der Waals surface area contributed by atoms with Crippen molar-refractivity contribution in [1.82, 2.24) is 10.2 Å². The molecule has 32 heavy (non-hydrogen) atoms. The number of halogens is 1. The van der Waals surface area contributed by atoms with Crippen molar-refractivity contribution in [2.24, 2.45) is 0 Å². The van der Waals surface area contributed by atoms with E-state index in [2.05, 4.69) is 5.32 Å². The van der Waals surface area contributed by atoms with Gasteiger partial charge in [-0.1, -0.05) is 17.7 Å². The van der Waals surface area contributed by atoms with Gasteiger partial charge >= 0.3 is 12.0 Å². The van der Waals surface area contributed by atoms with Crippen molar-refractivity contribution < 1.29 is 28.5 Å². The van der Waals surface area contributed by atoms with Crippen molar-refractivity contribution in [3.8, 4) is 17.2 Å². The third-order valence-electron chi connectivity index (χ3n) is 5.00. The number of rotatable bonds is 8. The number of ether oxygens (including phenoxy) is 4. The zero-order valence-electron chi connectivity index (χ0n) is 18.3. The molecule has 1 N–H and O–H groups in total. The Morgan fingerprint density at radius 1 is 1.12 bits per heavy atom. The molecule has 9 heteroatoms. The summed E-state index contributed by atoms with van der Waals surface area (Å²) in [4.78, 5) is 27.2. The van der Waals surface area contributed by atoms with E-state index in [1.807, 2.05) is 0 Å². The molecule has 1 aliphatic rings. The van der Waals surface area contributed by atoms with Crippen LogP contribution in [0.5, 0.6) is 17.2 Å². The number of carbonyl (C=O) groups is 2. The van der Waals surface area contributed by atoms with Gasteiger partial charge in [-0.3, -0.25) is 4.90 Å². The van der Waals surface area contributed by atoms with Crippen LogP contribution in [0.25, 0.3) is 0 Å². The molecular weight excluding hydrogens is 436 g/mol. The summed E-state index contributed by atoms with van der Waals surface area (Å²) in [7, 11) is 4.61. The second-order valence-corrected chi connectivity index (χ2v) is 7.31. The summed E-state index contributed by atoms with van der Waals surface area (Å²) in [6.07, 6.45) is 0. The van der Waals surface area contributed by atoms with Crippen LogP contribution in [0.2, 0.25) is 5.02 Å². The Bertz CT molecular complexity index is 1040. The highest BCUT2D eigenvalue weighted by Crippen LogP contribution is 2.37. The minimum absolute atomic E-state index is 0.0482. The molecule has 0 aromatic heterocycles. The van der Waals surface area contributed by atoms with Gasteiger partial charge in [0.25, 0.3) is 0 Å². The van der Waals surface area contributed by atoms with E-state index in [1.165, 1.54) is 12.0 Å². The molecule has 0 aliphatic carbocycles. The summed E-state index contributed by atoms with van der Waals surface area (Å²) in [5, 5.41) is 3.36. The van der Waals surface area contributed by atoms with Crippen LogP contribution in [0.15, 0.2) is 53.7 Å². The predicted octanol–water partition coefficient (Wildman–Crippen LogP) is 3.95. The van der Waals surface area contributed by atoms with Gasteiger partial charge in [0.05, 0.1) is 38.1 Å². The number of urea groups is 1. The standard InChI is InChI=1S/C23H25ClN2O6/c1-5-31-22(27)20-18(13-32-16-8-6-7-14(24)11-16)26(2)23(28)25-21(20)17-10-9-15(29-3)12-19(17)30-4/h6-12,21H,5,13H2,1-4H3,(H,25,28)/t21-/m0/s1. The quantitative estimate of drug-likeness (QED) is 0.600. The van der Waals surface area contributed by atoms with Crippen LogP contribution in [0, 0.1) is 0 Å². The maximum Gasteiger partial charge on any atom is 0.338 e. The Morgan fingerprint density at radius 3 is 2.56 bits per heavy atom. The van der Waals surface area contributed by atoms with Crippen molar-refractivity contribution in [3.05, 3.63) is 64.3 Å². The van der Waals surface area contributed by atoms with Crippen molar-refractivity contribution in [1.29, 1.82) is 0 Å². The molecule has 1 aliphatic heterocycles. The Kier molecular flexibility index (Phi) is 7.48. The van der Waals surface area contributed by atoms with E-state index in [-0.39, 0.29) is 18.8 Å². The van der Waals surface area contributed by atoms with Gasteiger partial charge in [-0.25, -0.2) is 9.59 Å². The van der Waals surface area contributed by atoms with E-state index in [0.29, 0.717) is 33.5 Å². The average molecular weight is 461 g/mol. The van der Waals surface area contributed by atoms with Crippen LogP contribution < -0.4 is 19.5 Å². The van der Waals surface area contributed by atoms with E-state index < -0.39 is 18.0 Å². The summed E-state index contributed by atoms with van der Waals surface area (Å²) in [6, 6.07) is 10.8. The first kappa shape index (κ1) is 23.3. The lowest BCUT2D eigenvalue weighted by Gasteiger charge is -2.35. The van der Waals surface area contributed by atoms with E-state index in [9.17, 15) is 9.59 Å². The third-order valence-corrected chi connectivity index (χ3v) is 5.23. The maximum absolute atomic E-state index is 13.0. The van der Waals surface area contributed by atoms with Gasteiger partial charge in [-0.2, -0.15) is 0 Å². The van der Waals surface area contributed by atoms with Gasteiger partial charge in [0.1, 0.15) is 23.9 Å². The second-order valence-electron chi connectivity index (χ2n) is 6.88. The fourth-order valence-electron chi connectivity index (χ4n) is 3.38. The van der Waals surface area contributed by atoms with Crippen LogP contribution in [-0.4, -0.2) is 51.4 Å². The van der Waals surface area contributed by atoms with Crippen LogP contribution in [0.3, 0.4) is 0 Å². The summed E-state index contributed by atoms with van der Waals surface area (Å²) in [5.41, 5.74) is 1.20. The van der Waals surface area contributed by atoms with Crippen molar-refractivity contribution in [2.75, 3.05) is 34.5 Å². The minimum Gasteiger partial charge on any atom is -0.497 e. The highest BCUT2D eigenvalue weighted by Gasteiger charge is 2.38. The monoisotopic (exact) mass is 460 g/mol. The maximum atomic E-state index is 13.0. The molecule has 2 aromatic carbocycles. The molecule has 0 saturated carbocycles. The largest absolute Gasteiger partial charge is 0.497 e. The van der Waals surface area contributed by atoms with Crippen LogP contribution in [0.4, 0.5) is 4.79 Å². The summed E-state index contributed by atoms with van der Waals surface area (Å²) in [6.45, 7) is 1.84. The number of nitrogens with zero attached hydrogens (tertiary/aromatic N) is 1. The van der Waals surface area contributed by atoms with Crippen molar-refractivity contribution in [2.45, 2.75) is 13.0 Å². The highest BCUT2D eigenvalue weighted by molar-refractivity contribution is 6.30. The van der Waals surface area contributed by atoms with E-state index >= 15 is 0 Å². The Labute approximate surface area is 191 Å². The Balaban J connectivity index is 2.09. The number of hydrogen-bond acceptors (Lipinski definition) is 6. The number of methoxy groups -OCH3 is 2. The van der Waals surface area contributed by atoms with Gasteiger partial charge in [0, 0.05) is 23.7 Å². The molecule has 0 spiro atoms. The molecule has 170 valence electrons. The topological polar surface area (TPSA) is 86.3 Å². The fourth-order valence-corrected chi connectivity index (χ4v) is 3.56. The second kappa shape index (κ2) is 10.3. The lowest BCUT2D eigenvalue weighted by atomic mass is 9.94. The normalized spacial score (nSPS) is 15.8. The Hall–Kier alpha value is -3.39. The number of amides is 2. The average Bonchev–Trinajstić information content (AvgIpc) is 2.79. The number of hydrogen-bond donors (Lipinski definition) is 1. The minimum atomic E-state index is -0.809. The molecule has 2 aromatic rings. The zero-order chi connectivity index (χ0) is 23.3. The number of likely N-dealkylation sites (N-methyl/N-ethyl adjacent to an activating group) is 1. The van der Waals surface area contributed by atoms with Gasteiger partial charge in [-0.05, 0) is 37.3 Å². The summed E-state index contributed by atoms with van der Waals surface area (Å²) < 4.78 is 21.9. The first-order valence-corrected chi connectivity index (χ1v) is 10.3. The number of esters is 1. The van der Waals surface area contributed by atoms with Crippen molar-refractivity contribution in [3.63, 3.8) is 0 Å². The lowest BCUT2D eigenvalue weighted by molar-refractivity contribution is -0.139. The molecule has 1 heterocycles. The van der Waals surface area contributed by atoms with Crippen LogP contribution in [0.1, 0.15) is 18.5 Å². The molecule has 0 saturated heterocycles. The Morgan fingerprint density at radius 2 is 1.91 bits per heavy atom. The van der Waals surface area contributed by atoms with E-state index in [0.717, 1.165) is 0 Å². The highest BCUT2D eigenvalue weighted by atomic mass is 35.5. The van der Waals surface area contributed by atoms with Gasteiger partial charge < -0.3 is 24.3 Å². The molecule has 0 bridgehead atoms. The molecule has 3 rings (SSSR count). The number of nitrogens with one attached hydrogen (secondary N) is 1. The smallest absolute Gasteiger partial charge is 0.338 e. The fraction of sp³-hybridized carbons (Fsp3) is 0.304. The van der Waals surface area contributed by atoms with Crippen molar-refractivity contribution >= 4 is 23.6 Å². The third kappa shape index (κ3) is 4.91. The summed E-state index contributed by atoms with van der Waals surface area (Å²) >= 11 is 6.04. The number of carbonyl (C=O) groups excluding carboxylic acids is 2. The van der Waals surface area contributed by atoms with E-state index in [4.69, 9.17) is 30.5 Å². The van der Waals surface area contributed by atoms with Crippen LogP contribution >= 0.6 is 11.6 Å². The zero-order valence-corrected chi connectivity index (χ0v) is 19.1. The molecule has 0 unspecified atom stereocenters. The lowest BCUT2D eigenvalue weighted by Crippen LogP contribution is -2.48. The summed E-state index contributed by atoms with van der Waals surface area (Å²) in [5.74, 6) is 0.977. The molecule has 0 fully saturated rings. The van der Waals surface area contributed by atoms with Gasteiger partial charge in [-0.15, -0.1) is 0 Å². The molecule has 1 atom stereocenters. The van der Waals surface area contributed by atoms with E-state index in [1.54, 1.807) is 63.5 Å². The first-order chi connectivity index (χ1) is 15.4. The molecule has 8 nitrogen and oxygen atoms in total. The number of benzene rings is 2. The molecular formula is C23H25ClN2O6. The molecule has 2 amide bonds. The van der Waals surface area contributed by atoms with Gasteiger partial charge in [0.15, 0.2) is 0 Å². The SMILES string of the molecule is CCOC(=O)C1=C(COc2cccc(Cl)c2)N(C)C(=O)N[C@H]1c1ccc(OC)cc1OC. The molecule has 0 radical (unpaired) electrons.